The third kappa shape index (κ3) is 3.48. The molecule has 0 atom stereocenters. The molecule has 0 N–H and O–H groups in total. The van der Waals surface area contributed by atoms with Gasteiger partial charge in [-0.3, -0.25) is 4.79 Å². The Hall–Kier alpha value is -2.55. The second-order valence-corrected chi connectivity index (χ2v) is 4.26. The van der Waals surface area contributed by atoms with E-state index >= 15 is 0 Å². The van der Waals surface area contributed by atoms with Crippen molar-refractivity contribution < 1.29 is 14.3 Å². The van der Waals surface area contributed by atoms with E-state index in [1.807, 2.05) is 42.5 Å². The molecule has 0 unspecified atom stereocenters. The van der Waals surface area contributed by atoms with Gasteiger partial charge in [-0.25, -0.2) is 0 Å². The quantitative estimate of drug-likeness (QED) is 0.613. The molecule has 20 heavy (non-hydrogen) atoms. The van der Waals surface area contributed by atoms with E-state index in [-0.39, 0.29) is 0 Å². The summed E-state index contributed by atoms with van der Waals surface area (Å²) in [5.41, 5.74) is 2.68. The first-order valence-corrected chi connectivity index (χ1v) is 6.21. The van der Waals surface area contributed by atoms with Crippen LogP contribution in [0.1, 0.15) is 21.5 Å². The van der Waals surface area contributed by atoms with Crippen molar-refractivity contribution in [3.63, 3.8) is 0 Å². The molecular weight excluding hydrogens is 252 g/mol. The number of aldehydes is 1. The van der Waals surface area contributed by atoms with Crippen LogP contribution in [0.5, 0.6) is 11.5 Å². The largest absolute Gasteiger partial charge is 0.497 e. The average Bonchev–Trinajstić information content (AvgIpc) is 2.53. The molecule has 0 aromatic heterocycles. The monoisotopic (exact) mass is 268 g/mol. The average molecular weight is 268 g/mol. The van der Waals surface area contributed by atoms with Crippen LogP contribution in [0.3, 0.4) is 0 Å². The Kier molecular flexibility index (Phi) is 4.56. The van der Waals surface area contributed by atoms with Gasteiger partial charge >= 0.3 is 0 Å². The van der Waals surface area contributed by atoms with Crippen molar-refractivity contribution in [2.24, 2.45) is 0 Å². The molecule has 3 heteroatoms. The minimum absolute atomic E-state index is 0.671. The van der Waals surface area contributed by atoms with E-state index < -0.39 is 0 Å². The van der Waals surface area contributed by atoms with Crippen molar-refractivity contribution in [2.75, 3.05) is 14.2 Å². The number of carbonyl (C=O) groups excluding carboxylic acids is 1. The Morgan fingerprint density at radius 2 is 1.25 bits per heavy atom. The molecule has 0 amide bonds. The van der Waals surface area contributed by atoms with Crippen molar-refractivity contribution in [1.29, 1.82) is 0 Å². The highest BCUT2D eigenvalue weighted by Gasteiger charge is 1.99. The standard InChI is InChI=1S/C17H16O3/c1-19-16-9-15(10-17(11-16)20-2)8-5-13-3-6-14(12-18)7-4-13/h3-12H,1-2H3. The van der Waals surface area contributed by atoms with E-state index in [0.717, 1.165) is 28.9 Å². The number of hydrogen-bond acceptors (Lipinski definition) is 3. The molecule has 102 valence electrons. The summed E-state index contributed by atoms with van der Waals surface area (Å²) >= 11 is 0. The van der Waals surface area contributed by atoms with Crippen LogP contribution in [0.4, 0.5) is 0 Å². The second kappa shape index (κ2) is 6.57. The Bertz CT molecular complexity index is 590. The highest BCUT2D eigenvalue weighted by atomic mass is 16.5. The molecule has 0 heterocycles. The summed E-state index contributed by atoms with van der Waals surface area (Å²) in [5.74, 6) is 1.50. The molecule has 0 radical (unpaired) electrons. The molecule has 0 aliphatic heterocycles. The first-order chi connectivity index (χ1) is 9.75. The van der Waals surface area contributed by atoms with E-state index in [2.05, 4.69) is 0 Å². The maximum Gasteiger partial charge on any atom is 0.150 e. The Morgan fingerprint density at radius 3 is 1.75 bits per heavy atom. The van der Waals surface area contributed by atoms with Crippen LogP contribution in [0.15, 0.2) is 42.5 Å². The third-order valence-electron chi connectivity index (χ3n) is 2.91. The van der Waals surface area contributed by atoms with Crippen LogP contribution in [0.25, 0.3) is 12.2 Å². The van der Waals surface area contributed by atoms with Gasteiger partial charge in [0.05, 0.1) is 14.2 Å². The molecule has 2 aromatic rings. The number of carbonyl (C=O) groups is 1. The van der Waals surface area contributed by atoms with Gasteiger partial charge in [-0.2, -0.15) is 0 Å². The minimum atomic E-state index is 0.671. The smallest absolute Gasteiger partial charge is 0.150 e. The normalized spacial score (nSPS) is 10.5. The first-order valence-electron chi connectivity index (χ1n) is 6.21. The molecule has 0 aliphatic rings. The van der Waals surface area contributed by atoms with Gasteiger partial charge in [0.15, 0.2) is 0 Å². The summed E-state index contributed by atoms with van der Waals surface area (Å²) in [4.78, 5) is 10.6. The van der Waals surface area contributed by atoms with Gasteiger partial charge in [-0.05, 0) is 23.3 Å². The van der Waals surface area contributed by atoms with E-state index in [9.17, 15) is 4.79 Å². The lowest BCUT2D eigenvalue weighted by Crippen LogP contribution is -1.88. The van der Waals surface area contributed by atoms with Gasteiger partial charge in [-0.1, -0.05) is 36.4 Å². The molecule has 0 aliphatic carbocycles. The summed E-state index contributed by atoms with van der Waals surface area (Å²) < 4.78 is 10.5. The summed E-state index contributed by atoms with van der Waals surface area (Å²) in [6.07, 6.45) is 4.78. The SMILES string of the molecule is COc1cc(C=Cc2ccc(C=O)cc2)cc(OC)c1. The van der Waals surface area contributed by atoms with Gasteiger partial charge in [0.25, 0.3) is 0 Å². The van der Waals surface area contributed by atoms with Crippen LogP contribution in [-0.2, 0) is 0 Å². The number of ether oxygens (including phenoxy) is 2. The lowest BCUT2D eigenvalue weighted by molar-refractivity contribution is 0.112. The van der Waals surface area contributed by atoms with Crippen molar-refractivity contribution in [1.82, 2.24) is 0 Å². The number of benzene rings is 2. The zero-order valence-electron chi connectivity index (χ0n) is 11.5. The fourth-order valence-electron chi connectivity index (χ4n) is 1.80. The molecule has 0 spiro atoms. The fourth-order valence-corrected chi connectivity index (χ4v) is 1.80. The summed E-state index contributed by atoms with van der Waals surface area (Å²) in [6.45, 7) is 0. The van der Waals surface area contributed by atoms with Gasteiger partial charge in [-0.15, -0.1) is 0 Å². The van der Waals surface area contributed by atoms with Crippen LogP contribution < -0.4 is 9.47 Å². The predicted molar refractivity (Wildman–Crippen MR) is 80.3 cm³/mol. The van der Waals surface area contributed by atoms with E-state index in [4.69, 9.17) is 9.47 Å². The van der Waals surface area contributed by atoms with Gasteiger partial charge < -0.3 is 9.47 Å². The second-order valence-electron chi connectivity index (χ2n) is 4.26. The summed E-state index contributed by atoms with van der Waals surface area (Å²) in [7, 11) is 3.25. The van der Waals surface area contributed by atoms with E-state index in [0.29, 0.717) is 5.56 Å². The molecule has 0 fully saturated rings. The van der Waals surface area contributed by atoms with E-state index in [1.165, 1.54) is 0 Å². The summed E-state index contributed by atoms with van der Waals surface area (Å²) in [5, 5.41) is 0. The van der Waals surface area contributed by atoms with E-state index in [1.54, 1.807) is 26.4 Å². The maximum atomic E-state index is 10.6. The van der Waals surface area contributed by atoms with Crippen molar-refractivity contribution in [3.05, 3.63) is 59.2 Å². The molecular formula is C17H16O3. The highest BCUT2D eigenvalue weighted by molar-refractivity contribution is 5.77. The zero-order chi connectivity index (χ0) is 14.4. The van der Waals surface area contributed by atoms with Gasteiger partial charge in [0.2, 0.25) is 0 Å². The van der Waals surface area contributed by atoms with Crippen molar-refractivity contribution >= 4 is 18.4 Å². The Balaban J connectivity index is 2.23. The fraction of sp³-hybridized carbons (Fsp3) is 0.118. The Morgan fingerprint density at radius 1 is 0.750 bits per heavy atom. The predicted octanol–water partition coefficient (Wildman–Crippen LogP) is 3.69. The number of hydrogen-bond donors (Lipinski definition) is 0. The van der Waals surface area contributed by atoms with Crippen LogP contribution in [0.2, 0.25) is 0 Å². The van der Waals surface area contributed by atoms with Crippen LogP contribution in [0, 0.1) is 0 Å². The lowest BCUT2D eigenvalue weighted by atomic mass is 10.1. The molecule has 2 rings (SSSR count). The summed E-state index contributed by atoms with van der Waals surface area (Å²) in [6, 6.07) is 13.1. The number of methoxy groups -OCH3 is 2. The topological polar surface area (TPSA) is 35.5 Å². The first kappa shape index (κ1) is 13.9. The zero-order valence-corrected chi connectivity index (χ0v) is 11.5. The minimum Gasteiger partial charge on any atom is -0.497 e. The molecule has 0 bridgehead atoms. The maximum absolute atomic E-state index is 10.6. The van der Waals surface area contributed by atoms with Crippen LogP contribution >= 0.6 is 0 Å². The van der Waals surface area contributed by atoms with Crippen molar-refractivity contribution in [3.8, 4) is 11.5 Å². The van der Waals surface area contributed by atoms with Gasteiger partial charge in [0, 0.05) is 11.6 Å². The van der Waals surface area contributed by atoms with Crippen molar-refractivity contribution in [2.45, 2.75) is 0 Å². The lowest BCUT2D eigenvalue weighted by Gasteiger charge is -2.05. The third-order valence-corrected chi connectivity index (χ3v) is 2.91. The molecule has 2 aromatic carbocycles. The Labute approximate surface area is 118 Å². The van der Waals surface area contributed by atoms with Crippen LogP contribution in [-0.4, -0.2) is 20.5 Å². The molecule has 3 nitrogen and oxygen atoms in total. The molecule has 0 saturated heterocycles. The highest BCUT2D eigenvalue weighted by Crippen LogP contribution is 2.23. The number of rotatable bonds is 5. The van der Waals surface area contributed by atoms with Gasteiger partial charge in [0.1, 0.15) is 17.8 Å². The molecule has 0 saturated carbocycles.